The van der Waals surface area contributed by atoms with Crippen molar-refractivity contribution in [3.8, 4) is 5.75 Å². The van der Waals surface area contributed by atoms with Gasteiger partial charge in [-0.25, -0.2) is 0 Å². The summed E-state index contributed by atoms with van der Waals surface area (Å²) in [5.41, 5.74) is 0.305. The molecule has 104 valence electrons. The minimum absolute atomic E-state index is 0.00339. The average molecular weight is 282 g/mol. The number of phenolic OH excluding ortho intramolecular Hbond substituents is 1. The van der Waals surface area contributed by atoms with Gasteiger partial charge in [0.1, 0.15) is 5.75 Å². The first-order valence-electron chi connectivity index (χ1n) is 6.93. The van der Waals surface area contributed by atoms with Crippen LogP contribution in [0.15, 0.2) is 18.2 Å². The molecule has 2 rings (SSSR count). The molecule has 3 nitrogen and oxygen atoms in total. The van der Waals surface area contributed by atoms with Crippen LogP contribution in [0.4, 0.5) is 0 Å². The molecule has 1 amide bonds. The van der Waals surface area contributed by atoms with Gasteiger partial charge in [0.05, 0.1) is 5.56 Å². The van der Waals surface area contributed by atoms with Crippen LogP contribution in [0.1, 0.15) is 49.4 Å². The van der Waals surface area contributed by atoms with Crippen molar-refractivity contribution in [2.24, 2.45) is 0 Å². The fourth-order valence-corrected chi connectivity index (χ4v) is 2.97. The van der Waals surface area contributed by atoms with Crippen molar-refractivity contribution in [2.75, 3.05) is 6.54 Å². The minimum atomic E-state index is -0.116. The van der Waals surface area contributed by atoms with Crippen LogP contribution < -0.4 is 0 Å². The summed E-state index contributed by atoms with van der Waals surface area (Å²) in [6, 6.07) is 4.91. The molecule has 19 heavy (non-hydrogen) atoms. The van der Waals surface area contributed by atoms with Crippen LogP contribution in [-0.4, -0.2) is 28.5 Å². The average Bonchev–Trinajstić information content (AvgIpc) is 2.43. The fraction of sp³-hybridized carbons (Fsp3) is 0.533. The summed E-state index contributed by atoms with van der Waals surface area (Å²) >= 11 is 5.91. The largest absolute Gasteiger partial charge is 0.507 e. The number of aromatic hydroxyl groups is 1. The van der Waals surface area contributed by atoms with E-state index in [-0.39, 0.29) is 11.7 Å². The Bertz CT molecular complexity index is 455. The summed E-state index contributed by atoms with van der Waals surface area (Å²) in [4.78, 5) is 14.4. The molecule has 0 radical (unpaired) electrons. The second-order valence-corrected chi connectivity index (χ2v) is 5.48. The number of hydrogen-bond donors (Lipinski definition) is 1. The summed E-state index contributed by atoms with van der Waals surface area (Å²) in [6.07, 6.45) is 5.72. The third-order valence-corrected chi connectivity index (χ3v) is 4.04. The number of rotatable bonds is 3. The van der Waals surface area contributed by atoms with Crippen molar-refractivity contribution in [1.82, 2.24) is 4.90 Å². The highest BCUT2D eigenvalue weighted by molar-refractivity contribution is 6.31. The Kier molecular flexibility index (Phi) is 4.70. The topological polar surface area (TPSA) is 40.5 Å². The van der Waals surface area contributed by atoms with Gasteiger partial charge in [-0.15, -0.1) is 0 Å². The first kappa shape index (κ1) is 14.2. The lowest BCUT2D eigenvalue weighted by atomic mass is 9.93. The van der Waals surface area contributed by atoms with E-state index >= 15 is 0 Å². The Hall–Kier alpha value is -1.22. The highest BCUT2D eigenvalue weighted by Crippen LogP contribution is 2.27. The summed E-state index contributed by atoms with van der Waals surface area (Å²) < 4.78 is 0. The predicted octanol–water partition coefficient (Wildman–Crippen LogP) is 3.84. The summed E-state index contributed by atoms with van der Waals surface area (Å²) in [5, 5.41) is 10.3. The molecule has 1 aliphatic rings. The van der Waals surface area contributed by atoms with Crippen molar-refractivity contribution < 1.29 is 9.90 Å². The molecule has 0 saturated heterocycles. The molecule has 4 heteroatoms. The number of nitrogens with zero attached hydrogens (tertiary/aromatic N) is 1. The Morgan fingerprint density at radius 2 is 2.05 bits per heavy atom. The minimum Gasteiger partial charge on any atom is -0.507 e. The number of carbonyl (C=O) groups excluding carboxylic acids is 1. The maximum Gasteiger partial charge on any atom is 0.257 e. The lowest BCUT2D eigenvalue weighted by molar-refractivity contribution is 0.0645. The normalized spacial score (nSPS) is 16.3. The predicted molar refractivity (Wildman–Crippen MR) is 76.7 cm³/mol. The Morgan fingerprint density at radius 1 is 1.37 bits per heavy atom. The van der Waals surface area contributed by atoms with Crippen LogP contribution in [0.2, 0.25) is 5.02 Å². The lowest BCUT2D eigenvalue weighted by Gasteiger charge is -2.33. The second-order valence-electron chi connectivity index (χ2n) is 5.04. The van der Waals surface area contributed by atoms with Crippen LogP contribution in [0.3, 0.4) is 0 Å². The van der Waals surface area contributed by atoms with E-state index in [2.05, 4.69) is 0 Å². The summed E-state index contributed by atoms with van der Waals surface area (Å²) in [7, 11) is 0. The van der Waals surface area contributed by atoms with Gasteiger partial charge in [-0.2, -0.15) is 0 Å². The molecule has 1 aromatic carbocycles. The van der Waals surface area contributed by atoms with Gasteiger partial charge < -0.3 is 10.0 Å². The molecule has 1 saturated carbocycles. The van der Waals surface area contributed by atoms with Crippen LogP contribution >= 0.6 is 11.6 Å². The van der Waals surface area contributed by atoms with Crippen LogP contribution in [0.5, 0.6) is 5.75 Å². The first-order valence-corrected chi connectivity index (χ1v) is 7.30. The third-order valence-electron chi connectivity index (χ3n) is 3.81. The van der Waals surface area contributed by atoms with Crippen molar-refractivity contribution in [3.63, 3.8) is 0 Å². The number of benzene rings is 1. The maximum absolute atomic E-state index is 12.6. The van der Waals surface area contributed by atoms with E-state index in [1.807, 2.05) is 11.8 Å². The zero-order valence-corrected chi connectivity index (χ0v) is 12.0. The zero-order valence-electron chi connectivity index (χ0n) is 11.2. The Labute approximate surface area is 119 Å². The number of phenols is 1. The van der Waals surface area contributed by atoms with Gasteiger partial charge in [-0.05, 0) is 38.0 Å². The first-order chi connectivity index (χ1) is 9.13. The van der Waals surface area contributed by atoms with E-state index < -0.39 is 0 Å². The van der Waals surface area contributed by atoms with Crippen LogP contribution in [-0.2, 0) is 0 Å². The Balaban J connectivity index is 2.22. The smallest absolute Gasteiger partial charge is 0.257 e. The number of halogens is 1. The molecular formula is C15H20ClNO2. The molecule has 0 bridgehead atoms. The molecule has 0 heterocycles. The van der Waals surface area contributed by atoms with E-state index in [9.17, 15) is 9.90 Å². The van der Waals surface area contributed by atoms with E-state index in [0.717, 1.165) is 12.8 Å². The molecule has 0 aliphatic heterocycles. The van der Waals surface area contributed by atoms with Crippen molar-refractivity contribution in [2.45, 2.75) is 45.1 Å². The van der Waals surface area contributed by atoms with Gasteiger partial charge in [0.2, 0.25) is 0 Å². The van der Waals surface area contributed by atoms with Gasteiger partial charge in [0.25, 0.3) is 5.91 Å². The van der Waals surface area contributed by atoms with Crippen molar-refractivity contribution >= 4 is 17.5 Å². The quantitative estimate of drug-likeness (QED) is 0.914. The Morgan fingerprint density at radius 3 is 2.68 bits per heavy atom. The van der Waals surface area contributed by atoms with Crippen molar-refractivity contribution in [3.05, 3.63) is 28.8 Å². The van der Waals surface area contributed by atoms with Crippen molar-refractivity contribution in [1.29, 1.82) is 0 Å². The SMILES string of the molecule is CCN(C(=O)c1cc(Cl)ccc1O)C1CCCCC1. The van der Waals surface area contributed by atoms with E-state index in [1.165, 1.54) is 25.3 Å². The standard InChI is InChI=1S/C15H20ClNO2/c1-2-17(12-6-4-3-5-7-12)15(19)13-10-11(16)8-9-14(13)18/h8-10,12,18H,2-7H2,1H3. The molecule has 1 fully saturated rings. The molecule has 0 atom stereocenters. The molecule has 1 aliphatic carbocycles. The highest BCUT2D eigenvalue weighted by Gasteiger charge is 2.26. The van der Waals surface area contributed by atoms with Gasteiger partial charge >= 0.3 is 0 Å². The third kappa shape index (κ3) is 3.21. The van der Waals surface area contributed by atoms with E-state index in [0.29, 0.717) is 23.2 Å². The molecule has 1 aromatic rings. The summed E-state index contributed by atoms with van der Waals surface area (Å²) in [5.74, 6) is -0.113. The van der Waals surface area contributed by atoms with Crippen LogP contribution in [0.25, 0.3) is 0 Å². The molecule has 1 N–H and O–H groups in total. The van der Waals surface area contributed by atoms with Gasteiger partial charge in [0, 0.05) is 17.6 Å². The molecular weight excluding hydrogens is 262 g/mol. The molecule has 0 unspecified atom stereocenters. The van der Waals surface area contributed by atoms with Gasteiger partial charge in [0.15, 0.2) is 0 Å². The second kappa shape index (κ2) is 6.29. The highest BCUT2D eigenvalue weighted by atomic mass is 35.5. The maximum atomic E-state index is 12.6. The van der Waals surface area contributed by atoms with Gasteiger partial charge in [-0.3, -0.25) is 4.79 Å². The summed E-state index contributed by atoms with van der Waals surface area (Å²) in [6.45, 7) is 2.64. The molecule has 0 spiro atoms. The van der Waals surface area contributed by atoms with E-state index in [4.69, 9.17) is 11.6 Å². The zero-order chi connectivity index (χ0) is 13.8. The monoisotopic (exact) mass is 281 g/mol. The molecule has 0 aromatic heterocycles. The number of amides is 1. The number of carbonyl (C=O) groups is 1. The van der Waals surface area contributed by atoms with Gasteiger partial charge in [-0.1, -0.05) is 30.9 Å². The lowest BCUT2D eigenvalue weighted by Crippen LogP contribution is -2.41. The number of hydrogen-bond acceptors (Lipinski definition) is 2. The van der Waals surface area contributed by atoms with E-state index in [1.54, 1.807) is 12.1 Å². The fourth-order valence-electron chi connectivity index (χ4n) is 2.79. The van der Waals surface area contributed by atoms with Crippen LogP contribution in [0, 0.1) is 0 Å².